The summed E-state index contributed by atoms with van der Waals surface area (Å²) in [6.07, 6.45) is 4.26. The third-order valence-corrected chi connectivity index (χ3v) is 3.63. The third-order valence-electron chi connectivity index (χ3n) is 3.63. The van der Waals surface area contributed by atoms with Crippen LogP contribution in [-0.4, -0.2) is 50.3 Å². The van der Waals surface area contributed by atoms with E-state index in [-0.39, 0.29) is 24.0 Å². The van der Waals surface area contributed by atoms with E-state index in [1.54, 1.807) is 0 Å². The molecule has 0 saturated carbocycles. The molecule has 0 aromatic rings. The molecule has 0 aromatic carbocycles. The second kappa shape index (κ2) is 7.33. The summed E-state index contributed by atoms with van der Waals surface area (Å²) in [5.74, 6) is 1.02. The number of nitrogens with zero attached hydrogens (tertiary/aromatic N) is 2. The van der Waals surface area contributed by atoms with Crippen molar-refractivity contribution in [1.29, 1.82) is 0 Å². The van der Waals surface area contributed by atoms with Crippen molar-refractivity contribution in [2.24, 2.45) is 10.4 Å². The second-order valence-electron chi connectivity index (χ2n) is 4.96. The van der Waals surface area contributed by atoms with Gasteiger partial charge in [0.1, 0.15) is 0 Å². The highest BCUT2D eigenvalue weighted by Crippen LogP contribution is 2.38. The summed E-state index contributed by atoms with van der Waals surface area (Å²) in [6.45, 7) is 11.4. The Bertz CT molecular complexity index is 301. The fourth-order valence-electron chi connectivity index (χ4n) is 2.66. The Hall–Kier alpha value is -0.300. The van der Waals surface area contributed by atoms with Gasteiger partial charge in [0.15, 0.2) is 5.96 Å². The van der Waals surface area contributed by atoms with Gasteiger partial charge in [0.25, 0.3) is 0 Å². The first-order valence-electron chi connectivity index (χ1n) is 6.51. The molecule has 2 saturated heterocycles. The Morgan fingerprint density at radius 3 is 3.00 bits per heavy atom. The summed E-state index contributed by atoms with van der Waals surface area (Å²) in [4.78, 5) is 6.90. The minimum Gasteiger partial charge on any atom is -0.381 e. The van der Waals surface area contributed by atoms with Gasteiger partial charge in [-0.1, -0.05) is 6.08 Å². The van der Waals surface area contributed by atoms with E-state index in [2.05, 4.69) is 28.7 Å². The summed E-state index contributed by atoms with van der Waals surface area (Å²) in [6, 6.07) is 0. The van der Waals surface area contributed by atoms with Crippen LogP contribution in [0.4, 0.5) is 0 Å². The third kappa shape index (κ3) is 3.60. The number of ether oxygens (including phenoxy) is 1. The molecule has 0 amide bonds. The van der Waals surface area contributed by atoms with Gasteiger partial charge in [0, 0.05) is 31.7 Å². The van der Waals surface area contributed by atoms with E-state index < -0.39 is 0 Å². The Morgan fingerprint density at radius 2 is 2.39 bits per heavy atom. The van der Waals surface area contributed by atoms with E-state index in [4.69, 9.17) is 4.74 Å². The highest BCUT2D eigenvalue weighted by molar-refractivity contribution is 14.0. The van der Waals surface area contributed by atoms with Gasteiger partial charge in [0.2, 0.25) is 0 Å². The number of hydrogen-bond donors (Lipinski definition) is 1. The number of rotatable bonds is 3. The number of halogens is 1. The zero-order chi connectivity index (χ0) is 12.1. The lowest BCUT2D eigenvalue weighted by Gasteiger charge is -2.24. The van der Waals surface area contributed by atoms with Crippen LogP contribution in [0, 0.1) is 5.41 Å². The average molecular weight is 365 g/mol. The number of nitrogens with one attached hydrogen (secondary N) is 1. The fraction of sp³-hybridized carbons (Fsp3) is 0.769. The van der Waals surface area contributed by atoms with E-state index in [9.17, 15) is 0 Å². The normalized spacial score (nSPS) is 27.4. The molecule has 2 fully saturated rings. The van der Waals surface area contributed by atoms with Crippen LogP contribution in [0.25, 0.3) is 0 Å². The maximum Gasteiger partial charge on any atom is 0.194 e. The summed E-state index contributed by atoms with van der Waals surface area (Å²) < 4.78 is 5.55. The first-order chi connectivity index (χ1) is 8.29. The van der Waals surface area contributed by atoms with E-state index in [1.807, 2.05) is 6.08 Å². The van der Waals surface area contributed by atoms with E-state index in [1.165, 1.54) is 12.8 Å². The fourth-order valence-corrected chi connectivity index (χ4v) is 2.66. The van der Waals surface area contributed by atoms with Gasteiger partial charge in [-0.2, -0.15) is 0 Å². The van der Waals surface area contributed by atoms with E-state index in [0.717, 1.165) is 38.8 Å². The molecule has 1 spiro atoms. The molecule has 104 valence electrons. The average Bonchev–Trinajstić information content (AvgIpc) is 2.96. The van der Waals surface area contributed by atoms with Gasteiger partial charge in [-0.25, -0.2) is 4.99 Å². The molecule has 1 unspecified atom stereocenters. The minimum absolute atomic E-state index is 0. The van der Waals surface area contributed by atoms with Crippen LogP contribution in [0.3, 0.4) is 0 Å². The molecule has 0 bridgehead atoms. The SMILES string of the molecule is C=CCN=C(NCC)N1CCC2(CCOC2)C1.I. The van der Waals surface area contributed by atoms with Crippen molar-refractivity contribution in [1.82, 2.24) is 10.2 Å². The molecule has 4 nitrogen and oxygen atoms in total. The molecule has 1 N–H and O–H groups in total. The van der Waals surface area contributed by atoms with E-state index in [0.29, 0.717) is 12.0 Å². The van der Waals surface area contributed by atoms with Crippen molar-refractivity contribution < 1.29 is 4.74 Å². The van der Waals surface area contributed by atoms with Crippen LogP contribution in [0.2, 0.25) is 0 Å². The molecule has 2 rings (SSSR count). The van der Waals surface area contributed by atoms with Crippen molar-refractivity contribution in [2.75, 3.05) is 39.4 Å². The van der Waals surface area contributed by atoms with Gasteiger partial charge < -0.3 is 15.0 Å². The van der Waals surface area contributed by atoms with Crippen molar-refractivity contribution >= 4 is 29.9 Å². The number of hydrogen-bond acceptors (Lipinski definition) is 2. The molecular formula is C13H24IN3O. The Morgan fingerprint density at radius 1 is 1.56 bits per heavy atom. The minimum atomic E-state index is 0. The van der Waals surface area contributed by atoms with Crippen molar-refractivity contribution in [3.63, 3.8) is 0 Å². The zero-order valence-electron chi connectivity index (χ0n) is 11.2. The molecule has 0 aliphatic carbocycles. The number of likely N-dealkylation sites (tertiary alicyclic amines) is 1. The van der Waals surface area contributed by atoms with Crippen LogP contribution in [-0.2, 0) is 4.74 Å². The first kappa shape index (κ1) is 15.8. The molecule has 0 radical (unpaired) electrons. The quantitative estimate of drug-likeness (QED) is 0.359. The maximum atomic E-state index is 5.55. The van der Waals surface area contributed by atoms with E-state index >= 15 is 0 Å². The van der Waals surface area contributed by atoms with Gasteiger partial charge in [0.05, 0.1) is 13.2 Å². The molecule has 5 heteroatoms. The number of guanidine groups is 1. The Balaban J connectivity index is 0.00000162. The molecule has 2 aliphatic heterocycles. The summed E-state index contributed by atoms with van der Waals surface area (Å²) >= 11 is 0. The number of aliphatic imine (C=N–C) groups is 1. The predicted molar refractivity (Wildman–Crippen MR) is 85.6 cm³/mol. The summed E-state index contributed by atoms with van der Waals surface area (Å²) in [5, 5.41) is 3.35. The topological polar surface area (TPSA) is 36.9 Å². The van der Waals surface area contributed by atoms with Gasteiger partial charge in [-0.3, -0.25) is 0 Å². The van der Waals surface area contributed by atoms with Crippen LogP contribution in [0.15, 0.2) is 17.6 Å². The standard InChI is InChI=1S/C13H23N3O.HI/c1-3-7-15-12(14-4-2)16-8-5-13(10-16)6-9-17-11-13;/h3H,1,4-11H2,2H3,(H,14,15);1H. The van der Waals surface area contributed by atoms with Gasteiger partial charge in [-0.15, -0.1) is 30.6 Å². The highest BCUT2D eigenvalue weighted by Gasteiger charge is 2.42. The smallest absolute Gasteiger partial charge is 0.194 e. The largest absolute Gasteiger partial charge is 0.381 e. The van der Waals surface area contributed by atoms with Crippen LogP contribution in [0.5, 0.6) is 0 Å². The Labute approximate surface area is 127 Å². The van der Waals surface area contributed by atoms with Crippen molar-refractivity contribution in [3.8, 4) is 0 Å². The highest BCUT2D eigenvalue weighted by atomic mass is 127. The molecular weight excluding hydrogens is 341 g/mol. The lowest BCUT2D eigenvalue weighted by atomic mass is 9.87. The molecule has 2 heterocycles. The maximum absolute atomic E-state index is 5.55. The van der Waals surface area contributed by atoms with Crippen molar-refractivity contribution in [2.45, 2.75) is 19.8 Å². The second-order valence-corrected chi connectivity index (χ2v) is 4.96. The molecule has 18 heavy (non-hydrogen) atoms. The monoisotopic (exact) mass is 365 g/mol. The van der Waals surface area contributed by atoms with Crippen LogP contribution >= 0.6 is 24.0 Å². The first-order valence-corrected chi connectivity index (χ1v) is 6.51. The lowest BCUT2D eigenvalue weighted by molar-refractivity contribution is 0.156. The van der Waals surface area contributed by atoms with Gasteiger partial charge >= 0.3 is 0 Å². The van der Waals surface area contributed by atoms with Crippen molar-refractivity contribution in [3.05, 3.63) is 12.7 Å². The molecule has 0 aromatic heterocycles. The molecule has 1 atom stereocenters. The lowest BCUT2D eigenvalue weighted by Crippen LogP contribution is -2.41. The van der Waals surface area contributed by atoms with Crippen LogP contribution in [0.1, 0.15) is 19.8 Å². The Kier molecular flexibility index (Phi) is 6.42. The molecule has 2 aliphatic rings. The summed E-state index contributed by atoms with van der Waals surface area (Å²) in [5.41, 5.74) is 0.393. The summed E-state index contributed by atoms with van der Waals surface area (Å²) in [7, 11) is 0. The zero-order valence-corrected chi connectivity index (χ0v) is 13.5. The predicted octanol–water partition coefficient (Wildman–Crippen LogP) is 1.87. The van der Waals surface area contributed by atoms with Gasteiger partial charge in [-0.05, 0) is 19.8 Å². The van der Waals surface area contributed by atoms with Crippen LogP contribution < -0.4 is 5.32 Å².